The SMILES string of the molecule is O=C(O)c1ccccc1-c1ccc(/C=N\N2C(=O)[C@@H]3C4c5ccccc5C(c5ccccc54)[C@@H]3C2=O)o1. The van der Waals surface area contributed by atoms with Crippen LogP contribution in [0.2, 0.25) is 0 Å². The maximum atomic E-state index is 13.6. The van der Waals surface area contributed by atoms with Crippen LogP contribution in [0.4, 0.5) is 0 Å². The number of hydrogen-bond donors (Lipinski definition) is 1. The summed E-state index contributed by atoms with van der Waals surface area (Å²) >= 11 is 0. The molecule has 2 heterocycles. The van der Waals surface area contributed by atoms with Gasteiger partial charge in [-0.05, 0) is 40.5 Å². The maximum Gasteiger partial charge on any atom is 0.336 e. The van der Waals surface area contributed by atoms with Crippen molar-refractivity contribution in [3.05, 3.63) is 119 Å². The minimum atomic E-state index is -1.06. The average Bonchev–Trinajstić information content (AvgIpc) is 3.50. The van der Waals surface area contributed by atoms with Gasteiger partial charge in [0.25, 0.3) is 11.8 Å². The number of benzene rings is 3. The molecule has 1 N–H and O–H groups in total. The lowest BCUT2D eigenvalue weighted by molar-refractivity contribution is -0.139. The molecular weight excluding hydrogens is 468 g/mol. The fourth-order valence-electron chi connectivity index (χ4n) is 6.34. The van der Waals surface area contributed by atoms with Gasteiger partial charge in [0.1, 0.15) is 11.5 Å². The van der Waals surface area contributed by atoms with E-state index >= 15 is 0 Å². The molecule has 4 aliphatic rings. The van der Waals surface area contributed by atoms with Crippen LogP contribution in [0.25, 0.3) is 11.3 Å². The third-order valence-electron chi connectivity index (χ3n) is 7.78. The summed E-state index contributed by atoms with van der Waals surface area (Å²) in [7, 11) is 0. The maximum absolute atomic E-state index is 13.6. The van der Waals surface area contributed by atoms with Crippen molar-refractivity contribution in [2.45, 2.75) is 11.8 Å². The van der Waals surface area contributed by atoms with E-state index in [-0.39, 0.29) is 29.2 Å². The van der Waals surface area contributed by atoms with Crippen LogP contribution in [0.5, 0.6) is 0 Å². The molecular formula is C30H20N2O5. The molecule has 0 spiro atoms. The summed E-state index contributed by atoms with van der Waals surface area (Å²) in [6, 6.07) is 25.9. The van der Waals surface area contributed by atoms with Crippen LogP contribution >= 0.6 is 0 Å². The van der Waals surface area contributed by atoms with Crippen molar-refractivity contribution < 1.29 is 23.9 Å². The lowest BCUT2D eigenvalue weighted by Gasteiger charge is -2.45. The molecule has 3 aromatic carbocycles. The van der Waals surface area contributed by atoms with Gasteiger partial charge in [-0.2, -0.15) is 10.1 Å². The molecule has 3 aliphatic carbocycles. The number of carbonyl (C=O) groups is 3. The molecule has 1 saturated heterocycles. The van der Waals surface area contributed by atoms with Gasteiger partial charge in [-0.25, -0.2) is 4.79 Å². The van der Waals surface area contributed by atoms with E-state index in [4.69, 9.17) is 4.42 Å². The third kappa shape index (κ3) is 3.00. The van der Waals surface area contributed by atoms with Gasteiger partial charge in [0.05, 0.1) is 23.6 Å². The number of rotatable bonds is 4. The molecule has 2 bridgehead atoms. The minimum absolute atomic E-state index is 0.115. The first-order valence-corrected chi connectivity index (χ1v) is 12.1. The standard InChI is InChI=1S/C30H20N2O5/c33-28-26-24-18-8-2-3-9-19(18)25(21-11-5-4-10-20(21)24)27(26)29(34)32(28)31-15-16-13-14-23(37-16)17-7-1-6-12-22(17)30(35)36/h1-15,24-27H,(H,35,36)/b31-15-/t24?,25?,26-,27+. The summed E-state index contributed by atoms with van der Waals surface area (Å²) in [5.41, 5.74) is 4.96. The Bertz CT molecular complexity index is 1540. The topological polar surface area (TPSA) is 100 Å². The van der Waals surface area contributed by atoms with Crippen molar-refractivity contribution in [1.82, 2.24) is 5.01 Å². The lowest BCUT2D eigenvalue weighted by atomic mass is 9.55. The van der Waals surface area contributed by atoms with Crippen LogP contribution in [0, 0.1) is 11.8 Å². The number of amides is 2. The number of carboxylic acids is 1. The second-order valence-corrected chi connectivity index (χ2v) is 9.55. The quantitative estimate of drug-likeness (QED) is 0.326. The summed E-state index contributed by atoms with van der Waals surface area (Å²) < 4.78 is 5.80. The van der Waals surface area contributed by atoms with E-state index in [0.29, 0.717) is 17.1 Å². The van der Waals surface area contributed by atoms with Crippen molar-refractivity contribution in [2.75, 3.05) is 0 Å². The molecule has 0 unspecified atom stereocenters. The molecule has 2 amide bonds. The van der Waals surface area contributed by atoms with Gasteiger partial charge in [-0.15, -0.1) is 0 Å². The van der Waals surface area contributed by atoms with Gasteiger partial charge in [0, 0.05) is 17.4 Å². The molecule has 1 aliphatic heterocycles. The molecule has 180 valence electrons. The number of carbonyl (C=O) groups excluding carboxylic acids is 2. The van der Waals surface area contributed by atoms with Crippen LogP contribution in [0.3, 0.4) is 0 Å². The van der Waals surface area contributed by atoms with E-state index in [1.807, 2.05) is 24.3 Å². The second kappa shape index (κ2) is 7.86. The van der Waals surface area contributed by atoms with Crippen molar-refractivity contribution in [3.63, 3.8) is 0 Å². The first-order valence-electron chi connectivity index (χ1n) is 12.1. The van der Waals surface area contributed by atoms with Crippen molar-refractivity contribution in [3.8, 4) is 11.3 Å². The number of furan rings is 1. The van der Waals surface area contributed by atoms with E-state index in [2.05, 4.69) is 29.4 Å². The van der Waals surface area contributed by atoms with E-state index < -0.39 is 17.8 Å². The molecule has 2 atom stereocenters. The summed E-state index contributed by atoms with van der Waals surface area (Å²) in [6.45, 7) is 0. The Balaban J connectivity index is 1.23. The molecule has 0 radical (unpaired) electrons. The number of carboxylic acid groups (broad SMARTS) is 1. The molecule has 7 nitrogen and oxygen atoms in total. The van der Waals surface area contributed by atoms with E-state index in [9.17, 15) is 19.5 Å². The lowest BCUT2D eigenvalue weighted by Crippen LogP contribution is -2.41. The molecule has 8 rings (SSSR count). The number of hydrogen-bond acceptors (Lipinski definition) is 5. The van der Waals surface area contributed by atoms with Crippen molar-refractivity contribution in [2.24, 2.45) is 16.9 Å². The second-order valence-electron chi connectivity index (χ2n) is 9.55. The zero-order valence-electron chi connectivity index (χ0n) is 19.4. The average molecular weight is 488 g/mol. The molecule has 1 fully saturated rings. The highest BCUT2D eigenvalue weighted by Crippen LogP contribution is 2.60. The number of aromatic carboxylic acids is 1. The smallest absolute Gasteiger partial charge is 0.336 e. The van der Waals surface area contributed by atoms with Gasteiger partial charge in [0.15, 0.2) is 0 Å². The Morgan fingerprint density at radius 3 is 1.81 bits per heavy atom. The van der Waals surface area contributed by atoms with E-state index in [0.717, 1.165) is 27.3 Å². The van der Waals surface area contributed by atoms with Gasteiger partial charge in [0.2, 0.25) is 0 Å². The van der Waals surface area contributed by atoms with Crippen LogP contribution in [-0.4, -0.2) is 34.1 Å². The molecule has 4 aromatic rings. The normalized spacial score (nSPS) is 23.3. The Labute approximate surface area is 211 Å². The first-order chi connectivity index (χ1) is 18.0. The van der Waals surface area contributed by atoms with Gasteiger partial charge >= 0.3 is 5.97 Å². The van der Waals surface area contributed by atoms with E-state index in [1.54, 1.807) is 30.3 Å². The van der Waals surface area contributed by atoms with Gasteiger partial charge < -0.3 is 9.52 Å². The number of nitrogens with zero attached hydrogens (tertiary/aromatic N) is 2. The predicted molar refractivity (Wildman–Crippen MR) is 134 cm³/mol. The molecule has 1 aromatic heterocycles. The van der Waals surface area contributed by atoms with Gasteiger partial charge in [-0.3, -0.25) is 9.59 Å². The van der Waals surface area contributed by atoms with Crippen molar-refractivity contribution >= 4 is 24.0 Å². The number of imide groups is 1. The largest absolute Gasteiger partial charge is 0.478 e. The van der Waals surface area contributed by atoms with Gasteiger partial charge in [-0.1, -0.05) is 66.7 Å². The highest BCUT2D eigenvalue weighted by atomic mass is 16.4. The number of hydrazone groups is 1. The fraction of sp³-hybridized carbons (Fsp3) is 0.133. The first kappa shape index (κ1) is 21.5. The summed E-state index contributed by atoms with van der Waals surface area (Å²) in [5.74, 6) is -2.42. The Hall–Kier alpha value is -4.78. The van der Waals surface area contributed by atoms with Crippen LogP contribution < -0.4 is 0 Å². The highest BCUT2D eigenvalue weighted by molar-refractivity contribution is 6.08. The Morgan fingerprint density at radius 2 is 1.27 bits per heavy atom. The van der Waals surface area contributed by atoms with Crippen LogP contribution in [0.15, 0.2) is 94.4 Å². The zero-order valence-corrected chi connectivity index (χ0v) is 19.4. The third-order valence-corrected chi connectivity index (χ3v) is 7.78. The molecule has 0 saturated carbocycles. The van der Waals surface area contributed by atoms with Crippen molar-refractivity contribution in [1.29, 1.82) is 0 Å². The zero-order chi connectivity index (χ0) is 25.3. The summed E-state index contributed by atoms with van der Waals surface area (Å²) in [5, 5.41) is 14.7. The highest BCUT2D eigenvalue weighted by Gasteiger charge is 2.61. The van der Waals surface area contributed by atoms with E-state index in [1.165, 1.54) is 12.3 Å². The fourth-order valence-corrected chi connectivity index (χ4v) is 6.34. The Kier molecular flexibility index (Phi) is 4.57. The summed E-state index contributed by atoms with van der Waals surface area (Å²) in [6.07, 6.45) is 1.34. The predicted octanol–water partition coefficient (Wildman–Crippen LogP) is 4.87. The summed E-state index contributed by atoms with van der Waals surface area (Å²) in [4.78, 5) is 38.8. The monoisotopic (exact) mass is 488 g/mol. The van der Waals surface area contributed by atoms with Crippen LogP contribution in [0.1, 0.15) is 50.2 Å². The minimum Gasteiger partial charge on any atom is -0.478 e. The molecule has 7 heteroatoms. The van der Waals surface area contributed by atoms with Crippen LogP contribution in [-0.2, 0) is 9.59 Å². The molecule has 37 heavy (non-hydrogen) atoms. The Morgan fingerprint density at radius 1 is 0.757 bits per heavy atom.